The first kappa shape index (κ1) is 96.3. The number of rotatable bonds is 0. The van der Waals surface area contributed by atoms with Crippen LogP contribution >= 0.6 is 22.7 Å². The molecule has 0 atom stereocenters. The van der Waals surface area contributed by atoms with Crippen molar-refractivity contribution in [2.75, 3.05) is 0 Å². The molecule has 0 saturated heterocycles. The first-order valence-electron chi connectivity index (χ1n) is 40.6. The Morgan fingerprint density at radius 3 is 0.714 bits per heavy atom. The van der Waals surface area contributed by atoms with Crippen LogP contribution in [0.2, 0.25) is 0 Å². The van der Waals surface area contributed by atoms with Crippen LogP contribution in [0.4, 0.5) is 0 Å². The lowest BCUT2D eigenvalue weighted by Crippen LogP contribution is -1.93. The number of benzene rings is 10. The first-order chi connectivity index (χ1) is 53.7. The lowest BCUT2D eigenvalue weighted by atomic mass is 9.99. The highest BCUT2D eigenvalue weighted by Crippen LogP contribution is 2.44. The van der Waals surface area contributed by atoms with E-state index in [0.29, 0.717) is 33.1 Å². The number of hydrogen-bond donors (Lipinski definition) is 0. The fourth-order valence-electron chi connectivity index (χ4n) is 10.7. The van der Waals surface area contributed by atoms with Gasteiger partial charge in [-0.15, -0.1) is 22.7 Å². The van der Waals surface area contributed by atoms with Crippen molar-refractivity contribution >= 4 is 173 Å². The molecule has 0 aliphatic heterocycles. The first-order valence-corrected chi connectivity index (χ1v) is 42.2. The van der Waals surface area contributed by atoms with Gasteiger partial charge in [-0.2, -0.15) is 0 Å². The van der Waals surface area contributed by atoms with Gasteiger partial charge in [0.2, 0.25) is 11.4 Å². The van der Waals surface area contributed by atoms with Crippen molar-refractivity contribution in [1.29, 1.82) is 0 Å². The van der Waals surface area contributed by atoms with Gasteiger partial charge in [0.15, 0.2) is 0 Å². The highest BCUT2D eigenvalue weighted by Gasteiger charge is 2.18. The van der Waals surface area contributed by atoms with Crippen LogP contribution in [-0.2, 0) is 0 Å². The summed E-state index contributed by atoms with van der Waals surface area (Å²) < 4.78 is 13.9. The van der Waals surface area contributed by atoms with E-state index in [4.69, 9.17) is 8.83 Å². The molecule has 10 aromatic carbocycles. The molecule has 18 rings (SSSR count). The highest BCUT2D eigenvalue weighted by molar-refractivity contribution is 7.27. The molecule has 12 heteroatoms. The third-order valence-corrected chi connectivity index (χ3v) is 16.2. The smallest absolute Gasteiger partial charge is 0.246 e. The van der Waals surface area contributed by atoms with Gasteiger partial charge in [-0.25, -0.2) is 29.9 Å². The van der Waals surface area contributed by atoms with Gasteiger partial charge >= 0.3 is 0 Å². The zero-order chi connectivity index (χ0) is 84.1. The van der Waals surface area contributed by atoms with Crippen molar-refractivity contribution in [3.8, 4) is 0 Å². The number of hydrogen-bond acceptors (Lipinski definition) is 12. The van der Waals surface area contributed by atoms with Gasteiger partial charge in [-0.05, 0) is 87.7 Å². The highest BCUT2D eigenvalue weighted by atomic mass is 32.1. The van der Waals surface area contributed by atoms with Crippen LogP contribution < -0.4 is 0 Å². The molecule has 10 nitrogen and oxygen atoms in total. The lowest BCUT2D eigenvalue weighted by Gasteiger charge is -2.06. The molecule has 0 saturated carbocycles. The molecule has 0 bridgehead atoms. The maximum absolute atomic E-state index is 5.69. The van der Waals surface area contributed by atoms with Gasteiger partial charge in [-0.3, -0.25) is 9.97 Å². The summed E-state index contributed by atoms with van der Waals surface area (Å²) in [6, 6.07) is 58.8. The van der Waals surface area contributed by atoms with E-state index in [0.717, 1.165) is 64.4 Å². The van der Waals surface area contributed by atoms with E-state index in [2.05, 4.69) is 284 Å². The second kappa shape index (κ2) is 47.5. The minimum Gasteiger partial charge on any atom is -0.436 e. The molecular formula is C100H132N8O2S2. The Bertz CT molecular complexity index is 5330. The van der Waals surface area contributed by atoms with E-state index in [1.807, 2.05) is 147 Å². The maximum atomic E-state index is 5.69. The summed E-state index contributed by atoms with van der Waals surface area (Å²) in [6.07, 6.45) is 13.8. The van der Waals surface area contributed by atoms with Crippen LogP contribution in [0.3, 0.4) is 0 Å². The van der Waals surface area contributed by atoms with Gasteiger partial charge < -0.3 is 8.83 Å². The topological polar surface area (TPSA) is 129 Å². The van der Waals surface area contributed by atoms with Gasteiger partial charge in [-0.1, -0.05) is 379 Å². The lowest BCUT2D eigenvalue weighted by molar-refractivity contribution is 0.469. The Kier molecular flexibility index (Phi) is 40.8. The second-order valence-corrected chi connectivity index (χ2v) is 32.2. The Balaban J connectivity index is 0.000000340. The average molecular weight is 1540 g/mol. The van der Waals surface area contributed by atoms with E-state index < -0.39 is 0 Å². The fourth-order valence-corrected chi connectivity index (χ4v) is 13.1. The average Bonchev–Trinajstić information content (AvgIpc) is 1.53. The molecule has 0 unspecified atom stereocenters. The maximum Gasteiger partial charge on any atom is 0.246 e. The van der Waals surface area contributed by atoms with Crippen LogP contribution in [-0.4, -0.2) is 39.9 Å². The Morgan fingerprint density at radius 1 is 0.214 bits per heavy atom. The minimum atomic E-state index is 0.500. The van der Waals surface area contributed by atoms with Gasteiger partial charge in [0.1, 0.15) is 42.9 Å². The monoisotopic (exact) mass is 1540 g/mol. The summed E-state index contributed by atoms with van der Waals surface area (Å²) in [4.78, 5) is 37.3. The standard InChI is InChI=1S/2C18H10N2S.2C14H8N2O.4C5H12.8C2H6/c2*1-3-7-13-11(5-1)12-6-2-4-8-14(12)17-15(13)16-18(21-17)20-10-9-19-16;2*1-2-4-10-9(3-1)5-6-11-12(10)13-14(17-11)16-8-7-15-13;4*1-5(2,3)4;8*1-2/h2*1-10H;2*1-8H;4*1-4H3;8*1-2H3. The van der Waals surface area contributed by atoms with Crippen molar-refractivity contribution in [1.82, 2.24) is 39.9 Å². The van der Waals surface area contributed by atoms with Crippen LogP contribution in [0.15, 0.2) is 228 Å². The number of fused-ring (bicyclic) bond motifs is 26. The molecule has 0 spiro atoms. The van der Waals surface area contributed by atoms with Crippen LogP contribution in [0, 0.1) is 21.7 Å². The summed E-state index contributed by atoms with van der Waals surface area (Å²) in [6.45, 7) is 67.0. The molecule has 8 heterocycles. The summed E-state index contributed by atoms with van der Waals surface area (Å²) in [7, 11) is 0. The number of nitrogens with zero attached hydrogens (tertiary/aromatic N) is 8. The van der Waals surface area contributed by atoms with E-state index in [9.17, 15) is 0 Å². The molecule has 0 radical (unpaired) electrons. The van der Waals surface area contributed by atoms with Crippen molar-refractivity contribution < 1.29 is 8.83 Å². The van der Waals surface area contributed by atoms with E-state index in [-0.39, 0.29) is 0 Å². The number of thiophene rings is 2. The summed E-state index contributed by atoms with van der Waals surface area (Å²) in [5.41, 5.74) is 8.56. The van der Waals surface area contributed by atoms with Crippen molar-refractivity contribution in [3.63, 3.8) is 0 Å². The Labute approximate surface area is 679 Å². The van der Waals surface area contributed by atoms with E-state index in [1.54, 1.807) is 72.2 Å². The molecule has 0 aliphatic rings. The Hall–Kier alpha value is -9.88. The largest absolute Gasteiger partial charge is 0.436 e. The predicted octanol–water partition coefficient (Wildman–Crippen LogP) is 33.8. The van der Waals surface area contributed by atoms with E-state index in [1.165, 1.54) is 74.0 Å². The number of furan rings is 2. The SMILES string of the molecule is CC.CC.CC.CC.CC.CC.CC.CC.CC(C)(C)C.CC(C)(C)C.CC(C)(C)C.CC(C)(C)C.c1ccc2c(c1)c1ccccc1c1c3nccnc3sc21.c1ccc2c(c1)c1ccccc1c1c3nccnc3sc21.c1ccc2c(c1)ccc1oc3nccnc3c12.c1ccc2c(c1)ccc1oc3nccnc3c12. The summed E-state index contributed by atoms with van der Waals surface area (Å²) in [5, 5.41) is 19.5. The Morgan fingerprint density at radius 2 is 0.429 bits per heavy atom. The van der Waals surface area contributed by atoms with Crippen LogP contribution in [0.5, 0.6) is 0 Å². The normalized spacial score (nSPS) is 10.5. The molecule has 112 heavy (non-hydrogen) atoms. The van der Waals surface area contributed by atoms with Gasteiger partial charge in [0.25, 0.3) is 0 Å². The zero-order valence-corrected chi connectivity index (χ0v) is 75.6. The third kappa shape index (κ3) is 27.2. The molecule has 0 amide bonds. The summed E-state index contributed by atoms with van der Waals surface area (Å²) in [5.74, 6) is 0. The fraction of sp³-hybridized carbons (Fsp3) is 0.360. The molecule has 0 fully saturated rings. The molecule has 596 valence electrons. The summed E-state index contributed by atoms with van der Waals surface area (Å²) >= 11 is 3.46. The predicted molar refractivity (Wildman–Crippen MR) is 505 cm³/mol. The van der Waals surface area contributed by atoms with Crippen molar-refractivity contribution in [2.45, 2.75) is 222 Å². The molecular weight excluding hydrogens is 1410 g/mol. The molecule has 0 N–H and O–H groups in total. The van der Waals surface area contributed by atoms with Gasteiger partial charge in [0, 0.05) is 80.5 Å². The quantitative estimate of drug-likeness (QED) is 0.135. The second-order valence-electron chi connectivity index (χ2n) is 30.2. The van der Waals surface area contributed by atoms with Crippen LogP contribution in [0.1, 0.15) is 222 Å². The van der Waals surface area contributed by atoms with Crippen LogP contribution in [0.25, 0.3) is 150 Å². The zero-order valence-electron chi connectivity index (χ0n) is 74.0. The minimum absolute atomic E-state index is 0.500. The van der Waals surface area contributed by atoms with Gasteiger partial charge in [0.05, 0.1) is 10.8 Å². The van der Waals surface area contributed by atoms with Crippen molar-refractivity contribution in [2.24, 2.45) is 21.7 Å². The molecule has 18 aromatic rings. The van der Waals surface area contributed by atoms with Crippen molar-refractivity contribution in [3.05, 3.63) is 219 Å². The third-order valence-electron chi connectivity index (χ3n) is 14.0. The molecule has 8 aromatic heterocycles. The van der Waals surface area contributed by atoms with E-state index >= 15 is 0 Å². The number of aromatic nitrogens is 8. The molecule has 0 aliphatic carbocycles.